The lowest BCUT2D eigenvalue weighted by Gasteiger charge is -2.49. The van der Waals surface area contributed by atoms with Gasteiger partial charge in [0.1, 0.15) is 5.78 Å². The second kappa shape index (κ2) is 5.66. The Morgan fingerprint density at radius 1 is 1.19 bits per heavy atom. The summed E-state index contributed by atoms with van der Waals surface area (Å²) < 4.78 is 0. The quantitative estimate of drug-likeness (QED) is 0.908. The monoisotopic (exact) mass is 345 g/mol. The van der Waals surface area contributed by atoms with E-state index in [2.05, 4.69) is 46.8 Å². The first kappa shape index (κ1) is 15.6. The maximum Gasteiger partial charge on any atom is 0.136 e. The van der Waals surface area contributed by atoms with Crippen molar-refractivity contribution in [2.24, 2.45) is 16.9 Å². The fourth-order valence-electron chi connectivity index (χ4n) is 5.28. The molecule has 1 saturated carbocycles. The molecule has 5 rings (SSSR count). The molecule has 1 N–H and O–H groups in total. The highest BCUT2D eigenvalue weighted by molar-refractivity contribution is 6.10. The van der Waals surface area contributed by atoms with Crippen molar-refractivity contribution in [3.63, 3.8) is 0 Å². The average molecular weight is 345 g/mol. The van der Waals surface area contributed by atoms with Crippen molar-refractivity contribution in [2.75, 3.05) is 0 Å². The molecular formula is C21H21N4O. The minimum absolute atomic E-state index is 0.0690. The predicted molar refractivity (Wildman–Crippen MR) is 99.6 cm³/mol. The molecule has 1 aromatic heterocycles. The van der Waals surface area contributed by atoms with E-state index >= 15 is 0 Å². The van der Waals surface area contributed by atoms with E-state index in [0.29, 0.717) is 18.1 Å². The highest BCUT2D eigenvalue weighted by Gasteiger charge is 2.53. The van der Waals surface area contributed by atoms with Gasteiger partial charge in [-0.15, -0.1) is 0 Å². The first-order valence-corrected chi connectivity index (χ1v) is 9.31. The molecule has 1 aromatic carbocycles. The fourth-order valence-corrected chi connectivity index (χ4v) is 5.28. The van der Waals surface area contributed by atoms with Crippen LogP contribution in [0.1, 0.15) is 48.7 Å². The number of aromatic amines is 1. The van der Waals surface area contributed by atoms with E-state index in [1.165, 1.54) is 11.1 Å². The summed E-state index contributed by atoms with van der Waals surface area (Å²) in [6, 6.07) is 10.6. The minimum atomic E-state index is -0.190. The zero-order valence-corrected chi connectivity index (χ0v) is 14.8. The van der Waals surface area contributed by atoms with Crippen LogP contribution in [0.15, 0.2) is 41.6 Å². The maximum absolute atomic E-state index is 12.5. The Labute approximate surface area is 152 Å². The van der Waals surface area contributed by atoms with Crippen molar-refractivity contribution >= 4 is 17.6 Å². The number of carbonyl (C=O) groups excluding carboxylic acids is 1. The number of benzene rings is 1. The van der Waals surface area contributed by atoms with Crippen molar-refractivity contribution in [3.8, 4) is 0 Å². The molecule has 1 radical (unpaired) electrons. The Hall–Kier alpha value is -2.69. The third-order valence-corrected chi connectivity index (χ3v) is 6.54. The molecule has 3 aliphatic rings. The van der Waals surface area contributed by atoms with Crippen molar-refractivity contribution in [2.45, 2.75) is 38.0 Å². The molecule has 3 atom stereocenters. The van der Waals surface area contributed by atoms with Gasteiger partial charge in [-0.3, -0.25) is 9.89 Å². The summed E-state index contributed by atoms with van der Waals surface area (Å²) in [6.45, 7) is 2.10. The Bertz CT molecular complexity index is 927. The van der Waals surface area contributed by atoms with Crippen molar-refractivity contribution < 1.29 is 4.79 Å². The molecular weight excluding hydrogens is 324 g/mol. The average Bonchev–Trinajstić information content (AvgIpc) is 3.34. The Morgan fingerprint density at radius 3 is 2.81 bits per heavy atom. The maximum atomic E-state index is 12.5. The van der Waals surface area contributed by atoms with E-state index in [-0.39, 0.29) is 11.3 Å². The molecule has 131 valence electrons. The minimum Gasteiger partial charge on any atom is -0.299 e. The number of hydrogen-bond donors (Lipinski definition) is 1. The Morgan fingerprint density at radius 2 is 2.04 bits per heavy atom. The fraction of sp³-hybridized carbons (Fsp3) is 0.381. The van der Waals surface area contributed by atoms with Gasteiger partial charge in [0.15, 0.2) is 0 Å². The summed E-state index contributed by atoms with van der Waals surface area (Å²) in [6.07, 6.45) is 6.95. The number of Topliss-reactive ketones (excluding diaryl/α,β-unsaturated/α-hetero) is 1. The van der Waals surface area contributed by atoms with Crippen LogP contribution >= 0.6 is 0 Å². The van der Waals surface area contributed by atoms with Crippen LogP contribution in [0.5, 0.6) is 0 Å². The largest absolute Gasteiger partial charge is 0.299 e. The molecule has 0 spiro atoms. The molecule has 1 aliphatic heterocycles. The molecule has 2 aliphatic carbocycles. The first-order valence-electron chi connectivity index (χ1n) is 9.31. The van der Waals surface area contributed by atoms with Crippen LogP contribution in [0.25, 0.3) is 5.57 Å². The third-order valence-electron chi connectivity index (χ3n) is 6.54. The van der Waals surface area contributed by atoms with Crippen molar-refractivity contribution in [1.29, 1.82) is 0 Å². The lowest BCUT2D eigenvalue weighted by molar-refractivity contribution is -0.128. The summed E-state index contributed by atoms with van der Waals surface area (Å²) in [4.78, 5) is 12.5. The van der Waals surface area contributed by atoms with Crippen LogP contribution < -0.4 is 5.43 Å². The van der Waals surface area contributed by atoms with Gasteiger partial charge in [0.2, 0.25) is 0 Å². The molecule has 0 unspecified atom stereocenters. The van der Waals surface area contributed by atoms with Crippen molar-refractivity contribution in [1.82, 2.24) is 15.6 Å². The number of rotatable bonds is 2. The molecule has 2 aromatic rings. The number of ketones is 1. The molecule has 26 heavy (non-hydrogen) atoms. The lowest BCUT2D eigenvalue weighted by Crippen LogP contribution is -2.49. The zero-order chi connectivity index (χ0) is 17.7. The molecule has 1 fully saturated rings. The van der Waals surface area contributed by atoms with Crippen LogP contribution in [0.2, 0.25) is 0 Å². The summed E-state index contributed by atoms with van der Waals surface area (Å²) in [5.74, 6) is 0.760. The smallest absolute Gasteiger partial charge is 0.136 e. The van der Waals surface area contributed by atoms with Gasteiger partial charge in [0.05, 0.1) is 23.8 Å². The van der Waals surface area contributed by atoms with Crippen molar-refractivity contribution in [3.05, 3.63) is 59.0 Å². The third kappa shape index (κ3) is 2.00. The highest BCUT2D eigenvalue weighted by Crippen LogP contribution is 2.55. The zero-order valence-electron chi connectivity index (χ0n) is 14.8. The van der Waals surface area contributed by atoms with E-state index < -0.39 is 0 Å². The van der Waals surface area contributed by atoms with Gasteiger partial charge < -0.3 is 0 Å². The number of nitrogens with zero attached hydrogens (tertiary/aromatic N) is 3. The number of H-pyrrole nitrogens is 1. The molecule has 0 amide bonds. The van der Waals surface area contributed by atoms with E-state index in [1.54, 1.807) is 12.4 Å². The van der Waals surface area contributed by atoms with Gasteiger partial charge in [0, 0.05) is 28.9 Å². The van der Waals surface area contributed by atoms with Gasteiger partial charge in [-0.05, 0) is 30.7 Å². The summed E-state index contributed by atoms with van der Waals surface area (Å²) in [7, 11) is 0. The second-order valence-corrected chi connectivity index (χ2v) is 7.61. The number of nitrogens with one attached hydrogen (secondary N) is 1. The predicted octanol–water partition coefficient (Wildman–Crippen LogP) is 3.20. The number of allylic oxidation sites excluding steroid dienone is 1. The second-order valence-electron chi connectivity index (χ2n) is 7.61. The molecule has 5 nitrogen and oxygen atoms in total. The van der Waals surface area contributed by atoms with E-state index in [0.717, 1.165) is 36.2 Å². The molecule has 0 saturated heterocycles. The molecule has 2 heterocycles. The number of aromatic nitrogens is 2. The Kier molecular flexibility index (Phi) is 3.39. The lowest BCUT2D eigenvalue weighted by atomic mass is 9.53. The summed E-state index contributed by atoms with van der Waals surface area (Å²) >= 11 is 0. The Balaban J connectivity index is 1.73. The van der Waals surface area contributed by atoms with Crippen LogP contribution in [0, 0.1) is 11.8 Å². The van der Waals surface area contributed by atoms with Gasteiger partial charge in [0.25, 0.3) is 0 Å². The first-order chi connectivity index (χ1) is 12.7. The summed E-state index contributed by atoms with van der Waals surface area (Å²) in [5, 5.41) is 12.0. The van der Waals surface area contributed by atoms with E-state index in [4.69, 9.17) is 5.10 Å². The summed E-state index contributed by atoms with van der Waals surface area (Å²) in [5.41, 5.74) is 9.46. The van der Waals surface area contributed by atoms with E-state index in [9.17, 15) is 4.79 Å². The van der Waals surface area contributed by atoms with Gasteiger partial charge in [-0.1, -0.05) is 37.3 Å². The molecule has 0 bridgehead atoms. The highest BCUT2D eigenvalue weighted by atomic mass is 16.1. The van der Waals surface area contributed by atoms with Crippen LogP contribution in [0.3, 0.4) is 0 Å². The van der Waals surface area contributed by atoms with Crippen LogP contribution in [0.4, 0.5) is 0 Å². The topological polar surface area (TPSA) is 72.2 Å². The number of carbonyl (C=O) groups is 1. The number of hydrogen-bond acceptors (Lipinski definition) is 3. The molecule has 5 heteroatoms. The van der Waals surface area contributed by atoms with Crippen LogP contribution in [-0.2, 0) is 16.6 Å². The number of fused-ring (bicyclic) bond motifs is 3. The SMILES string of the molecule is C[C@@H]1C(=O)CC[C@]2(c3ccccc3)c3n[nH]c(C4=C[N]N=C4)c3CC[C@@H]12. The van der Waals surface area contributed by atoms with E-state index in [1.807, 2.05) is 6.07 Å². The standard InChI is InChI=1S/C21H21N4O/c1-13-17-8-7-16-19(14-11-22-23-12-14)24-25-20(16)21(17,10-9-18(13)26)15-5-3-2-4-6-15/h2-6,11-13,17H,7-10H2,1H3,(H,24,25)/t13-,17-,21+/m0/s1. The van der Waals surface area contributed by atoms with Gasteiger partial charge >= 0.3 is 0 Å². The van der Waals surface area contributed by atoms with Gasteiger partial charge in [-0.2, -0.15) is 15.6 Å². The van der Waals surface area contributed by atoms with Gasteiger partial charge in [-0.25, -0.2) is 0 Å². The van der Waals surface area contributed by atoms with Crippen LogP contribution in [-0.4, -0.2) is 22.2 Å². The normalized spacial score (nSPS) is 29.7.